The topological polar surface area (TPSA) is 19.0 Å². The Bertz CT molecular complexity index is 605. The van der Waals surface area contributed by atoms with Crippen molar-refractivity contribution in [3.8, 4) is 0 Å². The lowest BCUT2D eigenvalue weighted by Gasteiger charge is -2.34. The maximum absolute atomic E-state index is 3.88. The van der Waals surface area contributed by atoms with Crippen molar-refractivity contribution in [2.45, 2.75) is 32.6 Å². The lowest BCUT2D eigenvalue weighted by atomic mass is 9.83. The molecule has 1 fully saturated rings. The summed E-state index contributed by atoms with van der Waals surface area (Å²) in [5.74, 6) is 1.69. The zero-order valence-corrected chi connectivity index (χ0v) is 13.7. The van der Waals surface area contributed by atoms with Crippen LogP contribution in [0.15, 0.2) is 43.1 Å². The van der Waals surface area contributed by atoms with Crippen LogP contribution in [0, 0.1) is 11.8 Å². The summed E-state index contributed by atoms with van der Waals surface area (Å²) in [6, 6.07) is 8.61. The Kier molecular flexibility index (Phi) is 4.99. The van der Waals surface area contributed by atoms with Gasteiger partial charge in [0, 0.05) is 23.6 Å². The molecule has 3 rings (SSSR count). The van der Waals surface area contributed by atoms with Crippen LogP contribution in [-0.2, 0) is 6.42 Å². The number of piperidine rings is 1. The van der Waals surface area contributed by atoms with Gasteiger partial charge in [-0.2, -0.15) is 0 Å². The SMILES string of the molecule is C=CCC(C)C1CCN(CCc2c[nH]c3ccccc23)CC1. The van der Waals surface area contributed by atoms with Gasteiger partial charge in [0.15, 0.2) is 0 Å². The highest BCUT2D eigenvalue weighted by atomic mass is 15.1. The first-order chi connectivity index (χ1) is 10.8. The van der Waals surface area contributed by atoms with Gasteiger partial charge < -0.3 is 9.88 Å². The zero-order valence-electron chi connectivity index (χ0n) is 13.7. The van der Waals surface area contributed by atoms with E-state index in [4.69, 9.17) is 0 Å². The summed E-state index contributed by atoms with van der Waals surface area (Å²) in [7, 11) is 0. The van der Waals surface area contributed by atoms with E-state index in [2.05, 4.69) is 59.9 Å². The van der Waals surface area contributed by atoms with Gasteiger partial charge in [-0.1, -0.05) is 31.2 Å². The number of para-hydroxylation sites is 1. The average Bonchev–Trinajstić information content (AvgIpc) is 2.97. The van der Waals surface area contributed by atoms with Crippen LogP contribution in [0.5, 0.6) is 0 Å². The highest BCUT2D eigenvalue weighted by Crippen LogP contribution is 2.27. The van der Waals surface area contributed by atoms with E-state index >= 15 is 0 Å². The summed E-state index contributed by atoms with van der Waals surface area (Å²) in [6.07, 6.45) is 9.28. The number of aromatic nitrogens is 1. The number of rotatable bonds is 6. The number of nitrogens with one attached hydrogen (secondary N) is 1. The number of H-pyrrole nitrogens is 1. The Morgan fingerprint density at radius 1 is 1.32 bits per heavy atom. The summed E-state index contributed by atoms with van der Waals surface area (Å²) < 4.78 is 0. The van der Waals surface area contributed by atoms with Gasteiger partial charge in [-0.15, -0.1) is 6.58 Å². The number of likely N-dealkylation sites (tertiary alicyclic amines) is 1. The molecule has 118 valence electrons. The van der Waals surface area contributed by atoms with Crippen molar-refractivity contribution in [3.63, 3.8) is 0 Å². The van der Waals surface area contributed by atoms with Crippen LogP contribution in [0.2, 0.25) is 0 Å². The molecule has 0 saturated carbocycles. The number of benzene rings is 1. The molecule has 0 radical (unpaired) electrons. The van der Waals surface area contributed by atoms with Gasteiger partial charge in [-0.05, 0) is 62.2 Å². The molecule has 2 heterocycles. The van der Waals surface area contributed by atoms with E-state index in [0.29, 0.717) is 0 Å². The quantitative estimate of drug-likeness (QED) is 0.770. The minimum Gasteiger partial charge on any atom is -0.361 e. The maximum Gasteiger partial charge on any atom is 0.0456 e. The maximum atomic E-state index is 3.88. The van der Waals surface area contributed by atoms with Crippen LogP contribution in [0.25, 0.3) is 10.9 Å². The van der Waals surface area contributed by atoms with Gasteiger partial charge in [0.25, 0.3) is 0 Å². The molecule has 0 bridgehead atoms. The molecule has 1 aromatic carbocycles. The monoisotopic (exact) mass is 296 g/mol. The van der Waals surface area contributed by atoms with Gasteiger partial charge in [-0.3, -0.25) is 0 Å². The number of hydrogen-bond donors (Lipinski definition) is 1. The van der Waals surface area contributed by atoms with Crippen LogP contribution < -0.4 is 0 Å². The molecule has 0 amide bonds. The summed E-state index contributed by atoms with van der Waals surface area (Å²) in [4.78, 5) is 6.02. The van der Waals surface area contributed by atoms with E-state index in [1.54, 1.807) is 0 Å². The third-order valence-electron chi connectivity index (χ3n) is 5.35. The van der Waals surface area contributed by atoms with Crippen molar-refractivity contribution < 1.29 is 0 Å². The predicted molar refractivity (Wildman–Crippen MR) is 95.1 cm³/mol. The van der Waals surface area contributed by atoms with Gasteiger partial charge in [0.2, 0.25) is 0 Å². The minimum atomic E-state index is 0.799. The molecule has 2 aromatic rings. The standard InChI is InChI=1S/C20H28N2/c1-3-6-16(2)17-9-12-22(13-10-17)14-11-18-15-21-20-8-5-4-7-19(18)20/h3-5,7-8,15-17,21H,1,6,9-14H2,2H3. The summed E-state index contributed by atoms with van der Waals surface area (Å²) >= 11 is 0. The van der Waals surface area contributed by atoms with Gasteiger partial charge >= 0.3 is 0 Å². The molecule has 1 unspecified atom stereocenters. The molecule has 0 aliphatic carbocycles. The van der Waals surface area contributed by atoms with Crippen LogP contribution in [0.3, 0.4) is 0 Å². The third kappa shape index (κ3) is 3.44. The molecule has 22 heavy (non-hydrogen) atoms. The van der Waals surface area contributed by atoms with Gasteiger partial charge in [-0.25, -0.2) is 0 Å². The largest absolute Gasteiger partial charge is 0.361 e. The Hall–Kier alpha value is -1.54. The zero-order chi connectivity index (χ0) is 15.4. The van der Waals surface area contributed by atoms with E-state index < -0.39 is 0 Å². The van der Waals surface area contributed by atoms with E-state index in [1.807, 2.05) is 0 Å². The molecule has 0 spiro atoms. The molecular weight excluding hydrogens is 268 g/mol. The summed E-state index contributed by atoms with van der Waals surface area (Å²) in [6.45, 7) is 9.96. The fraction of sp³-hybridized carbons (Fsp3) is 0.500. The first-order valence-electron chi connectivity index (χ1n) is 8.66. The molecule has 1 atom stereocenters. The molecule has 1 aliphatic heterocycles. The van der Waals surface area contributed by atoms with E-state index in [1.165, 1.54) is 55.4 Å². The Morgan fingerprint density at radius 3 is 2.86 bits per heavy atom. The fourth-order valence-electron chi connectivity index (χ4n) is 3.82. The third-order valence-corrected chi connectivity index (χ3v) is 5.35. The Labute approximate surface area is 134 Å². The molecule has 1 N–H and O–H groups in total. The highest BCUT2D eigenvalue weighted by Gasteiger charge is 2.22. The van der Waals surface area contributed by atoms with Crippen LogP contribution in [0.4, 0.5) is 0 Å². The molecule has 2 heteroatoms. The average molecular weight is 296 g/mol. The second kappa shape index (κ2) is 7.15. The highest BCUT2D eigenvalue weighted by molar-refractivity contribution is 5.83. The number of aromatic amines is 1. The minimum absolute atomic E-state index is 0.799. The second-order valence-electron chi connectivity index (χ2n) is 6.79. The first kappa shape index (κ1) is 15.4. The fourth-order valence-corrected chi connectivity index (χ4v) is 3.82. The number of allylic oxidation sites excluding steroid dienone is 1. The molecule has 1 aromatic heterocycles. The number of nitrogens with zero attached hydrogens (tertiary/aromatic N) is 1. The molecule has 1 saturated heterocycles. The lowest BCUT2D eigenvalue weighted by molar-refractivity contribution is 0.154. The van der Waals surface area contributed by atoms with E-state index in [0.717, 1.165) is 18.3 Å². The van der Waals surface area contributed by atoms with Crippen molar-refractivity contribution in [3.05, 3.63) is 48.7 Å². The lowest BCUT2D eigenvalue weighted by Crippen LogP contribution is -2.36. The van der Waals surface area contributed by atoms with Crippen molar-refractivity contribution in [2.75, 3.05) is 19.6 Å². The van der Waals surface area contributed by atoms with Crippen molar-refractivity contribution in [1.29, 1.82) is 0 Å². The second-order valence-corrected chi connectivity index (χ2v) is 6.79. The smallest absolute Gasteiger partial charge is 0.0456 e. The van der Waals surface area contributed by atoms with Crippen molar-refractivity contribution in [1.82, 2.24) is 9.88 Å². The van der Waals surface area contributed by atoms with Crippen LogP contribution >= 0.6 is 0 Å². The Balaban J connectivity index is 1.50. The summed E-state index contributed by atoms with van der Waals surface area (Å²) in [5.41, 5.74) is 2.72. The molecule has 2 nitrogen and oxygen atoms in total. The van der Waals surface area contributed by atoms with Crippen molar-refractivity contribution in [2.24, 2.45) is 11.8 Å². The first-order valence-corrected chi connectivity index (χ1v) is 8.66. The molecular formula is C20H28N2. The number of hydrogen-bond acceptors (Lipinski definition) is 1. The van der Waals surface area contributed by atoms with Crippen LogP contribution in [0.1, 0.15) is 31.7 Å². The van der Waals surface area contributed by atoms with Gasteiger partial charge in [0.05, 0.1) is 0 Å². The summed E-state index contributed by atoms with van der Waals surface area (Å²) in [5, 5.41) is 1.39. The van der Waals surface area contributed by atoms with E-state index in [-0.39, 0.29) is 0 Å². The Morgan fingerprint density at radius 2 is 2.09 bits per heavy atom. The van der Waals surface area contributed by atoms with E-state index in [9.17, 15) is 0 Å². The van der Waals surface area contributed by atoms with Gasteiger partial charge in [0.1, 0.15) is 0 Å². The van der Waals surface area contributed by atoms with Crippen LogP contribution in [-0.4, -0.2) is 29.5 Å². The molecule has 1 aliphatic rings. The number of fused-ring (bicyclic) bond motifs is 1. The van der Waals surface area contributed by atoms with Crippen molar-refractivity contribution >= 4 is 10.9 Å². The predicted octanol–water partition coefficient (Wildman–Crippen LogP) is 4.63. The normalized spacial score (nSPS) is 18.6.